The van der Waals surface area contributed by atoms with E-state index >= 15 is 0 Å². The molecule has 1 saturated heterocycles. The Morgan fingerprint density at radius 3 is 2.89 bits per heavy atom. The summed E-state index contributed by atoms with van der Waals surface area (Å²) < 4.78 is 11.5. The Labute approximate surface area is 163 Å². The van der Waals surface area contributed by atoms with E-state index in [1.165, 1.54) is 0 Å². The highest BCUT2D eigenvalue weighted by molar-refractivity contribution is 5.82. The SMILES string of the molecule is COCCCC[C@@](O)(c1cccc2cc(CC(C)C)oc12)[C@@H]1CCCNC1. The summed E-state index contributed by atoms with van der Waals surface area (Å²) >= 11 is 0. The summed E-state index contributed by atoms with van der Waals surface area (Å²) in [5.41, 5.74) is 0.960. The van der Waals surface area contributed by atoms with E-state index in [9.17, 15) is 5.11 Å². The van der Waals surface area contributed by atoms with Crippen LogP contribution in [0.2, 0.25) is 0 Å². The maximum Gasteiger partial charge on any atom is 0.140 e. The molecular formula is C23H35NO3. The van der Waals surface area contributed by atoms with Crippen molar-refractivity contribution >= 4 is 11.0 Å². The van der Waals surface area contributed by atoms with Gasteiger partial charge in [0.2, 0.25) is 0 Å². The molecule has 0 spiro atoms. The summed E-state index contributed by atoms with van der Waals surface area (Å²) in [7, 11) is 1.73. The highest BCUT2D eigenvalue weighted by atomic mass is 16.5. The smallest absolute Gasteiger partial charge is 0.140 e. The number of rotatable bonds is 9. The fraction of sp³-hybridized carbons (Fsp3) is 0.652. The van der Waals surface area contributed by atoms with Crippen molar-refractivity contribution in [3.8, 4) is 0 Å². The Kier molecular flexibility index (Phi) is 6.96. The van der Waals surface area contributed by atoms with Gasteiger partial charge in [-0.05, 0) is 50.6 Å². The van der Waals surface area contributed by atoms with Crippen molar-refractivity contribution in [1.29, 1.82) is 0 Å². The molecule has 4 nitrogen and oxygen atoms in total. The summed E-state index contributed by atoms with van der Waals surface area (Å²) in [6, 6.07) is 8.36. The minimum atomic E-state index is -0.867. The van der Waals surface area contributed by atoms with Gasteiger partial charge in [-0.2, -0.15) is 0 Å². The van der Waals surface area contributed by atoms with Crippen molar-refractivity contribution in [2.45, 2.75) is 58.0 Å². The second-order valence-electron chi connectivity index (χ2n) is 8.45. The van der Waals surface area contributed by atoms with Gasteiger partial charge in [0, 0.05) is 43.5 Å². The van der Waals surface area contributed by atoms with Crippen molar-refractivity contribution < 1.29 is 14.3 Å². The van der Waals surface area contributed by atoms with E-state index < -0.39 is 5.60 Å². The van der Waals surface area contributed by atoms with Crippen LogP contribution in [0, 0.1) is 11.8 Å². The molecule has 3 rings (SSSR count). The fourth-order valence-corrected chi connectivity index (χ4v) is 4.42. The van der Waals surface area contributed by atoms with Gasteiger partial charge < -0.3 is 19.6 Å². The maximum atomic E-state index is 12.0. The molecule has 0 saturated carbocycles. The topological polar surface area (TPSA) is 54.6 Å². The van der Waals surface area contributed by atoms with E-state index in [1.807, 2.05) is 0 Å². The Morgan fingerprint density at radius 1 is 1.33 bits per heavy atom. The Bertz CT molecular complexity index is 717. The van der Waals surface area contributed by atoms with Crippen LogP contribution in [0.5, 0.6) is 0 Å². The Balaban J connectivity index is 1.95. The number of para-hydroxylation sites is 1. The third-order valence-electron chi connectivity index (χ3n) is 5.80. The van der Waals surface area contributed by atoms with Gasteiger partial charge in [-0.25, -0.2) is 0 Å². The van der Waals surface area contributed by atoms with Crippen LogP contribution < -0.4 is 5.32 Å². The summed E-state index contributed by atoms with van der Waals surface area (Å²) in [6.45, 7) is 7.04. The van der Waals surface area contributed by atoms with Gasteiger partial charge in [0.05, 0.1) is 5.60 Å². The highest BCUT2D eigenvalue weighted by Crippen LogP contribution is 2.42. The molecule has 4 heteroatoms. The number of ether oxygens (including phenoxy) is 1. The van der Waals surface area contributed by atoms with Crippen molar-refractivity contribution in [3.05, 3.63) is 35.6 Å². The second-order valence-corrected chi connectivity index (χ2v) is 8.45. The Hall–Kier alpha value is -1.36. The van der Waals surface area contributed by atoms with Gasteiger partial charge in [0.15, 0.2) is 0 Å². The lowest BCUT2D eigenvalue weighted by atomic mass is 9.74. The average Bonchev–Trinajstić information content (AvgIpc) is 3.07. The van der Waals surface area contributed by atoms with E-state index in [4.69, 9.17) is 9.15 Å². The summed E-state index contributed by atoms with van der Waals surface area (Å²) in [6.07, 6.45) is 5.72. The molecule has 0 aliphatic carbocycles. The van der Waals surface area contributed by atoms with Crippen LogP contribution in [0.1, 0.15) is 57.3 Å². The van der Waals surface area contributed by atoms with E-state index in [-0.39, 0.29) is 5.92 Å². The molecule has 0 radical (unpaired) electrons. The molecule has 0 bridgehead atoms. The molecule has 2 aromatic rings. The van der Waals surface area contributed by atoms with E-state index in [2.05, 4.69) is 43.4 Å². The zero-order valence-electron chi connectivity index (χ0n) is 17.1. The monoisotopic (exact) mass is 373 g/mol. The number of aliphatic hydroxyl groups is 1. The third-order valence-corrected chi connectivity index (χ3v) is 5.80. The van der Waals surface area contributed by atoms with Crippen LogP contribution in [0.3, 0.4) is 0 Å². The first-order valence-electron chi connectivity index (χ1n) is 10.5. The van der Waals surface area contributed by atoms with Crippen LogP contribution in [0.4, 0.5) is 0 Å². The number of furan rings is 1. The zero-order valence-corrected chi connectivity index (χ0v) is 17.1. The predicted octanol–water partition coefficient (Wildman–Crippen LogP) is 4.64. The van der Waals surface area contributed by atoms with Crippen LogP contribution >= 0.6 is 0 Å². The van der Waals surface area contributed by atoms with Gasteiger partial charge in [-0.3, -0.25) is 0 Å². The summed E-state index contributed by atoms with van der Waals surface area (Å²) in [4.78, 5) is 0. The van der Waals surface area contributed by atoms with E-state index in [0.29, 0.717) is 5.92 Å². The van der Waals surface area contributed by atoms with Crippen LogP contribution in [-0.2, 0) is 16.8 Å². The maximum absolute atomic E-state index is 12.0. The number of fused-ring (bicyclic) bond motifs is 1. The van der Waals surface area contributed by atoms with Crippen molar-refractivity contribution in [2.24, 2.45) is 11.8 Å². The Morgan fingerprint density at radius 2 is 2.19 bits per heavy atom. The normalized spacial score (nSPS) is 20.3. The molecule has 1 aromatic carbocycles. The molecule has 27 heavy (non-hydrogen) atoms. The number of piperidine rings is 1. The van der Waals surface area contributed by atoms with Gasteiger partial charge in [0.1, 0.15) is 11.3 Å². The lowest BCUT2D eigenvalue weighted by molar-refractivity contribution is -0.0428. The first-order chi connectivity index (χ1) is 13.0. The third kappa shape index (κ3) is 4.74. The first kappa shape index (κ1) is 20.4. The van der Waals surface area contributed by atoms with Gasteiger partial charge >= 0.3 is 0 Å². The second kappa shape index (κ2) is 9.22. The largest absolute Gasteiger partial charge is 0.461 e. The molecule has 1 aliphatic heterocycles. The summed E-state index contributed by atoms with van der Waals surface area (Å²) in [5, 5.41) is 16.5. The van der Waals surface area contributed by atoms with Gasteiger partial charge in [-0.15, -0.1) is 0 Å². The van der Waals surface area contributed by atoms with E-state index in [1.54, 1.807) is 7.11 Å². The minimum Gasteiger partial charge on any atom is -0.461 e. The average molecular weight is 374 g/mol. The van der Waals surface area contributed by atoms with Gasteiger partial charge in [-0.1, -0.05) is 32.0 Å². The number of methoxy groups -OCH3 is 1. The lowest BCUT2D eigenvalue weighted by Crippen LogP contribution is -2.44. The van der Waals surface area contributed by atoms with Crippen LogP contribution in [0.15, 0.2) is 28.7 Å². The fourth-order valence-electron chi connectivity index (χ4n) is 4.42. The molecule has 1 fully saturated rings. The highest BCUT2D eigenvalue weighted by Gasteiger charge is 2.40. The number of nitrogens with one attached hydrogen (secondary N) is 1. The zero-order chi connectivity index (χ0) is 19.3. The molecule has 2 heterocycles. The first-order valence-corrected chi connectivity index (χ1v) is 10.5. The van der Waals surface area contributed by atoms with Crippen molar-refractivity contribution in [2.75, 3.05) is 26.8 Å². The number of unbranched alkanes of at least 4 members (excludes halogenated alkanes) is 1. The molecule has 1 aromatic heterocycles. The molecule has 0 unspecified atom stereocenters. The molecule has 2 atom stereocenters. The molecule has 1 aliphatic rings. The number of hydrogen-bond donors (Lipinski definition) is 2. The van der Waals surface area contributed by atoms with Crippen LogP contribution in [-0.4, -0.2) is 31.9 Å². The molecule has 2 N–H and O–H groups in total. The number of benzene rings is 1. The summed E-state index contributed by atoms with van der Waals surface area (Å²) in [5.74, 6) is 1.76. The standard InChI is InChI=1S/C23H35NO3/c1-17(2)14-20-15-18-8-6-10-21(22(18)27-20)23(25,11-4-5-13-26-3)19-9-7-12-24-16-19/h6,8,10,15,17,19,24-25H,4-5,7,9,11-14,16H2,1-3H3/t19-,23+/m1/s1. The predicted molar refractivity (Wildman–Crippen MR) is 110 cm³/mol. The number of hydrogen-bond acceptors (Lipinski definition) is 4. The minimum absolute atomic E-state index is 0.207. The quantitative estimate of drug-likeness (QED) is 0.629. The molecule has 0 amide bonds. The molecule has 150 valence electrons. The molecular weight excluding hydrogens is 338 g/mol. The van der Waals surface area contributed by atoms with Crippen molar-refractivity contribution in [3.63, 3.8) is 0 Å². The van der Waals surface area contributed by atoms with Crippen molar-refractivity contribution in [1.82, 2.24) is 5.32 Å². The van der Waals surface area contributed by atoms with Crippen LogP contribution in [0.25, 0.3) is 11.0 Å². The lowest BCUT2D eigenvalue weighted by Gasteiger charge is -2.39. The van der Waals surface area contributed by atoms with E-state index in [0.717, 1.165) is 80.5 Å². The van der Waals surface area contributed by atoms with Gasteiger partial charge in [0.25, 0.3) is 0 Å².